The first-order chi connectivity index (χ1) is 19.1. The number of hydrogen-bond donors (Lipinski definition) is 1. The number of unbranched alkanes of at least 4 members (excludes halogenated alkanes) is 7. The summed E-state index contributed by atoms with van der Waals surface area (Å²) in [5, 5.41) is 9.84. The van der Waals surface area contributed by atoms with Gasteiger partial charge in [-0.1, -0.05) is 107 Å². The minimum Gasteiger partial charge on any atom is -0.508 e. The Bertz CT molecular complexity index is 1130. The summed E-state index contributed by atoms with van der Waals surface area (Å²) < 4.78 is 18.0. The maximum atomic E-state index is 12.0. The van der Waals surface area contributed by atoms with Gasteiger partial charge in [0.15, 0.2) is 0 Å². The lowest BCUT2D eigenvalue weighted by Gasteiger charge is -2.17. The molecule has 3 nitrogen and oxygen atoms in total. The number of benzene rings is 3. The molecule has 1 N–H and O–H groups in total. The topological polar surface area (TPSA) is 46.5 Å². The molecule has 0 saturated heterocycles. The number of rotatable bonds is 18. The molecule has 0 aliphatic rings. The molecule has 0 saturated carbocycles. The second-order valence-electron chi connectivity index (χ2n) is 10.2. The van der Waals surface area contributed by atoms with E-state index in [9.17, 15) is 9.32 Å². The summed E-state index contributed by atoms with van der Waals surface area (Å²) in [5.74, 6) is 2.92. The Morgan fingerprint density at radius 1 is 0.667 bits per heavy atom. The average molecular weight is 547 g/mol. The van der Waals surface area contributed by atoms with Crippen molar-refractivity contribution in [2.24, 2.45) is 0 Å². The van der Waals surface area contributed by atoms with Crippen LogP contribution in [0.2, 0.25) is 0 Å². The smallest absolute Gasteiger partial charge is 0.119 e. The van der Waals surface area contributed by atoms with E-state index in [1.807, 2.05) is 18.2 Å². The van der Waals surface area contributed by atoms with Gasteiger partial charge in [-0.3, -0.25) is 4.21 Å². The maximum Gasteiger partial charge on any atom is 0.119 e. The Hall–Kier alpha value is -2.85. The predicted molar refractivity (Wildman–Crippen MR) is 168 cm³/mol. The lowest BCUT2D eigenvalue weighted by Crippen LogP contribution is -2.02. The van der Waals surface area contributed by atoms with Crippen molar-refractivity contribution in [3.8, 4) is 11.5 Å². The zero-order chi connectivity index (χ0) is 27.7. The third kappa shape index (κ3) is 10.7. The van der Waals surface area contributed by atoms with E-state index >= 15 is 0 Å². The average Bonchev–Trinajstić information content (AvgIpc) is 2.96. The summed E-state index contributed by atoms with van der Waals surface area (Å²) >= 11 is 0. The fourth-order valence-electron chi connectivity index (χ4n) is 4.90. The maximum absolute atomic E-state index is 12.0. The van der Waals surface area contributed by atoms with Gasteiger partial charge in [-0.2, -0.15) is 0 Å². The molecule has 210 valence electrons. The van der Waals surface area contributed by atoms with E-state index in [2.05, 4.69) is 62.4 Å². The van der Waals surface area contributed by atoms with Gasteiger partial charge in [0, 0.05) is 22.3 Å². The molecule has 4 heteroatoms. The summed E-state index contributed by atoms with van der Waals surface area (Å²) in [5.41, 5.74) is 5.89. The molecule has 0 fully saturated rings. The van der Waals surface area contributed by atoms with Gasteiger partial charge >= 0.3 is 0 Å². The Labute approximate surface area is 238 Å². The zero-order valence-corrected chi connectivity index (χ0v) is 24.7. The summed E-state index contributed by atoms with van der Waals surface area (Å²) in [6.07, 6.45) is 11.3. The second kappa shape index (κ2) is 17.7. The molecule has 3 aromatic rings. The number of phenolic OH excluding ortho intramolecular Hbond substituents is 1. The molecule has 0 amide bonds. The van der Waals surface area contributed by atoms with E-state index in [0.717, 1.165) is 60.7 Å². The van der Waals surface area contributed by atoms with Gasteiger partial charge in [-0.05, 0) is 77.8 Å². The summed E-state index contributed by atoms with van der Waals surface area (Å²) in [6.45, 7) is 5.11. The highest BCUT2D eigenvalue weighted by Crippen LogP contribution is 2.35. The summed E-state index contributed by atoms with van der Waals surface area (Å²) in [6, 6.07) is 26.4. The molecule has 1 unspecified atom stereocenters. The Morgan fingerprint density at radius 3 is 1.85 bits per heavy atom. The van der Waals surface area contributed by atoms with E-state index < -0.39 is 10.8 Å². The second-order valence-corrected chi connectivity index (χ2v) is 11.9. The third-order valence-electron chi connectivity index (χ3n) is 7.09. The molecule has 1 atom stereocenters. The number of allylic oxidation sites excluding steroid dienone is 1. The molecular weight excluding hydrogens is 500 g/mol. The monoisotopic (exact) mass is 546 g/mol. The van der Waals surface area contributed by atoms with E-state index in [1.165, 1.54) is 55.2 Å². The van der Waals surface area contributed by atoms with Crippen molar-refractivity contribution in [3.05, 3.63) is 95.6 Å². The number of hydrogen-bond acceptors (Lipinski definition) is 3. The molecule has 0 heterocycles. The van der Waals surface area contributed by atoms with Gasteiger partial charge in [0.25, 0.3) is 0 Å². The Balaban J connectivity index is 1.49. The highest BCUT2D eigenvalue weighted by Gasteiger charge is 2.13. The SMILES string of the molecule is CCCCCS(=O)CCCCCCCCOc1ccc(/C(=C(/CC)c2ccccc2)c2ccc(O)cc2)cc1. The van der Waals surface area contributed by atoms with Crippen LogP contribution in [-0.2, 0) is 10.8 Å². The Morgan fingerprint density at radius 2 is 1.23 bits per heavy atom. The van der Waals surface area contributed by atoms with Crippen LogP contribution in [0.15, 0.2) is 78.9 Å². The van der Waals surface area contributed by atoms with E-state index in [4.69, 9.17) is 4.74 Å². The molecule has 0 aromatic heterocycles. The molecule has 0 aliphatic carbocycles. The normalized spacial score (nSPS) is 12.7. The molecule has 0 spiro atoms. The van der Waals surface area contributed by atoms with Crippen LogP contribution in [-0.4, -0.2) is 27.4 Å². The van der Waals surface area contributed by atoms with Crippen LogP contribution < -0.4 is 4.74 Å². The number of aromatic hydroxyl groups is 1. The summed E-state index contributed by atoms with van der Waals surface area (Å²) in [4.78, 5) is 0. The predicted octanol–water partition coefficient (Wildman–Crippen LogP) is 9.42. The van der Waals surface area contributed by atoms with Gasteiger partial charge in [0.2, 0.25) is 0 Å². The molecule has 0 bridgehead atoms. The van der Waals surface area contributed by atoms with Crippen molar-refractivity contribution in [1.29, 1.82) is 0 Å². The van der Waals surface area contributed by atoms with Crippen LogP contribution in [0.4, 0.5) is 0 Å². The first-order valence-corrected chi connectivity index (χ1v) is 16.3. The minimum atomic E-state index is -0.616. The largest absolute Gasteiger partial charge is 0.508 e. The first kappa shape index (κ1) is 30.7. The van der Waals surface area contributed by atoms with Crippen molar-refractivity contribution in [3.63, 3.8) is 0 Å². The molecule has 3 aromatic carbocycles. The summed E-state index contributed by atoms with van der Waals surface area (Å²) in [7, 11) is -0.616. The molecular formula is C35H46O3S. The van der Waals surface area contributed by atoms with E-state index in [-0.39, 0.29) is 5.75 Å². The van der Waals surface area contributed by atoms with Crippen LogP contribution in [0.25, 0.3) is 11.1 Å². The molecule has 3 rings (SSSR count). The van der Waals surface area contributed by atoms with Crippen LogP contribution in [0.3, 0.4) is 0 Å². The van der Waals surface area contributed by atoms with Crippen molar-refractivity contribution >= 4 is 21.9 Å². The highest BCUT2D eigenvalue weighted by molar-refractivity contribution is 7.84. The Kier molecular flexibility index (Phi) is 13.9. The number of ether oxygens (including phenoxy) is 1. The quantitative estimate of drug-likeness (QED) is 0.128. The molecule has 0 radical (unpaired) electrons. The van der Waals surface area contributed by atoms with Crippen molar-refractivity contribution in [2.75, 3.05) is 18.1 Å². The lowest BCUT2D eigenvalue weighted by atomic mass is 9.88. The van der Waals surface area contributed by atoms with Crippen molar-refractivity contribution < 1.29 is 14.1 Å². The van der Waals surface area contributed by atoms with Gasteiger partial charge in [0.1, 0.15) is 11.5 Å². The third-order valence-corrected chi connectivity index (χ3v) is 8.58. The lowest BCUT2D eigenvalue weighted by molar-refractivity contribution is 0.304. The van der Waals surface area contributed by atoms with Crippen LogP contribution in [0, 0.1) is 0 Å². The van der Waals surface area contributed by atoms with Crippen molar-refractivity contribution in [2.45, 2.75) is 78.1 Å². The highest BCUT2D eigenvalue weighted by atomic mass is 32.2. The van der Waals surface area contributed by atoms with Gasteiger partial charge in [-0.25, -0.2) is 0 Å². The molecule has 0 aliphatic heterocycles. The van der Waals surface area contributed by atoms with Gasteiger partial charge in [0.05, 0.1) is 6.61 Å². The fourth-order valence-corrected chi connectivity index (χ4v) is 6.16. The van der Waals surface area contributed by atoms with E-state index in [1.54, 1.807) is 12.1 Å². The van der Waals surface area contributed by atoms with Crippen molar-refractivity contribution in [1.82, 2.24) is 0 Å². The van der Waals surface area contributed by atoms with E-state index in [0.29, 0.717) is 0 Å². The first-order valence-electron chi connectivity index (χ1n) is 14.8. The molecule has 39 heavy (non-hydrogen) atoms. The number of phenols is 1. The van der Waals surface area contributed by atoms with Crippen LogP contribution in [0.1, 0.15) is 94.7 Å². The van der Waals surface area contributed by atoms with Crippen LogP contribution >= 0.6 is 0 Å². The fraction of sp³-hybridized carbons (Fsp3) is 0.429. The zero-order valence-electron chi connectivity index (χ0n) is 23.9. The van der Waals surface area contributed by atoms with Gasteiger partial charge < -0.3 is 9.84 Å². The minimum absolute atomic E-state index is 0.272. The van der Waals surface area contributed by atoms with Gasteiger partial charge in [-0.15, -0.1) is 0 Å². The van der Waals surface area contributed by atoms with Crippen LogP contribution in [0.5, 0.6) is 11.5 Å². The standard InChI is InChI=1S/C35H46O3S/c1-3-5-14-27-39(37)28-15-9-7-6-8-13-26-38-33-24-20-31(21-25-33)35(30-18-22-32(36)23-19-30)34(4-2)29-16-11-10-12-17-29/h10-12,16-25,36H,3-9,13-15,26-28H2,1-2H3/b35-34-.